The predicted molar refractivity (Wildman–Crippen MR) is 36.3 cm³/mol. The van der Waals surface area contributed by atoms with Crippen LogP contribution in [0.4, 0.5) is 0 Å². The molecule has 1 unspecified atom stereocenters. The number of hydrazine groups is 1. The summed E-state index contributed by atoms with van der Waals surface area (Å²) in [5, 5.41) is 0. The van der Waals surface area contributed by atoms with E-state index in [0.717, 1.165) is 0 Å². The normalized spacial score (nSPS) is 24.1. The Morgan fingerprint density at radius 3 is 3.00 bits per heavy atom. The second kappa shape index (κ2) is 3.34. The molecule has 1 amide bonds. The minimum Gasteiger partial charge on any atom is -0.469 e. The fourth-order valence-electron chi connectivity index (χ4n) is 0.953. The van der Waals surface area contributed by atoms with Gasteiger partial charge in [0.05, 0.1) is 13.0 Å². The van der Waals surface area contributed by atoms with Crippen molar-refractivity contribution in [3.8, 4) is 0 Å². The Kier molecular flexibility index (Phi) is 2.43. The third kappa shape index (κ3) is 1.91. The molecule has 0 spiro atoms. The highest BCUT2D eigenvalue weighted by atomic mass is 16.5. The van der Waals surface area contributed by atoms with Gasteiger partial charge in [-0.15, -0.1) is 0 Å². The number of esters is 1. The van der Waals surface area contributed by atoms with Crippen LogP contribution in [-0.2, 0) is 14.3 Å². The summed E-state index contributed by atoms with van der Waals surface area (Å²) in [5.74, 6) is -0.854. The van der Waals surface area contributed by atoms with Gasteiger partial charge in [-0.1, -0.05) is 0 Å². The molecule has 62 valence electrons. The zero-order valence-electron chi connectivity index (χ0n) is 6.22. The van der Waals surface area contributed by atoms with Gasteiger partial charge in [0, 0.05) is 13.0 Å². The largest absolute Gasteiger partial charge is 0.469 e. The summed E-state index contributed by atoms with van der Waals surface area (Å²) in [4.78, 5) is 21.6. The van der Waals surface area contributed by atoms with Crippen molar-refractivity contribution >= 4 is 11.9 Å². The van der Waals surface area contributed by atoms with Crippen LogP contribution < -0.4 is 10.9 Å². The molecular formula is C6H10N2O3. The predicted octanol–water partition coefficient (Wildman–Crippen LogP) is -1.20. The summed E-state index contributed by atoms with van der Waals surface area (Å²) in [6.45, 7) is 0.443. The number of methoxy groups -OCH3 is 1. The average molecular weight is 158 g/mol. The van der Waals surface area contributed by atoms with E-state index in [0.29, 0.717) is 6.54 Å². The summed E-state index contributed by atoms with van der Waals surface area (Å²) in [6.07, 6.45) is 0.208. The van der Waals surface area contributed by atoms with Gasteiger partial charge in [0.2, 0.25) is 5.91 Å². The molecule has 11 heavy (non-hydrogen) atoms. The quantitative estimate of drug-likeness (QED) is 0.470. The molecule has 5 heteroatoms. The minimum atomic E-state index is -0.340. The summed E-state index contributed by atoms with van der Waals surface area (Å²) >= 11 is 0. The highest BCUT2D eigenvalue weighted by molar-refractivity contribution is 5.83. The number of nitrogens with one attached hydrogen (secondary N) is 2. The molecule has 1 aliphatic heterocycles. The second-order valence-corrected chi connectivity index (χ2v) is 2.35. The van der Waals surface area contributed by atoms with Gasteiger partial charge >= 0.3 is 5.97 Å². The number of ether oxygens (including phenoxy) is 1. The van der Waals surface area contributed by atoms with Crippen LogP contribution in [0.1, 0.15) is 6.42 Å². The first-order chi connectivity index (χ1) is 5.24. The van der Waals surface area contributed by atoms with E-state index < -0.39 is 0 Å². The lowest BCUT2D eigenvalue weighted by Crippen LogP contribution is -2.49. The van der Waals surface area contributed by atoms with E-state index in [1.54, 1.807) is 0 Å². The third-order valence-corrected chi connectivity index (χ3v) is 1.54. The van der Waals surface area contributed by atoms with Gasteiger partial charge in [0.15, 0.2) is 0 Å². The Morgan fingerprint density at radius 2 is 2.45 bits per heavy atom. The van der Waals surface area contributed by atoms with Gasteiger partial charge in [0.25, 0.3) is 0 Å². The molecule has 1 fully saturated rings. The van der Waals surface area contributed by atoms with Crippen molar-refractivity contribution in [1.82, 2.24) is 10.9 Å². The first-order valence-electron chi connectivity index (χ1n) is 3.33. The van der Waals surface area contributed by atoms with E-state index in [4.69, 9.17) is 0 Å². The van der Waals surface area contributed by atoms with E-state index in [-0.39, 0.29) is 24.2 Å². The van der Waals surface area contributed by atoms with Crippen LogP contribution >= 0.6 is 0 Å². The summed E-state index contributed by atoms with van der Waals surface area (Å²) in [5.41, 5.74) is 4.99. The van der Waals surface area contributed by atoms with Crippen molar-refractivity contribution in [3.63, 3.8) is 0 Å². The Bertz CT molecular complexity index is 181. The average Bonchev–Trinajstić information content (AvgIpc) is 2.03. The van der Waals surface area contributed by atoms with Gasteiger partial charge in [-0.25, -0.2) is 5.43 Å². The van der Waals surface area contributed by atoms with Crippen LogP contribution in [0, 0.1) is 5.92 Å². The fraction of sp³-hybridized carbons (Fsp3) is 0.667. The van der Waals surface area contributed by atoms with Crippen molar-refractivity contribution in [2.45, 2.75) is 6.42 Å². The molecule has 1 saturated heterocycles. The lowest BCUT2D eigenvalue weighted by molar-refractivity contribution is -0.148. The number of amides is 1. The zero-order chi connectivity index (χ0) is 8.27. The summed E-state index contributed by atoms with van der Waals surface area (Å²) in [7, 11) is 1.31. The molecular weight excluding hydrogens is 148 g/mol. The smallest absolute Gasteiger partial charge is 0.310 e. The van der Waals surface area contributed by atoms with Crippen molar-refractivity contribution in [1.29, 1.82) is 0 Å². The van der Waals surface area contributed by atoms with Crippen LogP contribution in [0.5, 0.6) is 0 Å². The van der Waals surface area contributed by atoms with Gasteiger partial charge < -0.3 is 4.74 Å². The monoisotopic (exact) mass is 158 g/mol. The minimum absolute atomic E-state index is 0.174. The van der Waals surface area contributed by atoms with E-state index in [2.05, 4.69) is 15.6 Å². The topological polar surface area (TPSA) is 67.4 Å². The number of hydrogen-bond acceptors (Lipinski definition) is 4. The molecule has 0 bridgehead atoms. The zero-order valence-corrected chi connectivity index (χ0v) is 6.22. The van der Waals surface area contributed by atoms with E-state index >= 15 is 0 Å². The van der Waals surface area contributed by atoms with Crippen LogP contribution in [0.15, 0.2) is 0 Å². The number of hydrogen-bond donors (Lipinski definition) is 2. The van der Waals surface area contributed by atoms with Crippen LogP contribution in [-0.4, -0.2) is 25.5 Å². The van der Waals surface area contributed by atoms with Crippen molar-refractivity contribution in [2.24, 2.45) is 5.92 Å². The first-order valence-corrected chi connectivity index (χ1v) is 3.33. The molecule has 5 nitrogen and oxygen atoms in total. The van der Waals surface area contributed by atoms with Gasteiger partial charge in [-0.3, -0.25) is 15.0 Å². The van der Waals surface area contributed by atoms with Crippen LogP contribution in [0.2, 0.25) is 0 Å². The number of carbonyl (C=O) groups excluding carboxylic acids is 2. The maximum absolute atomic E-state index is 10.9. The Balaban J connectivity index is 2.45. The maximum atomic E-state index is 10.9. The van der Waals surface area contributed by atoms with E-state index in [9.17, 15) is 9.59 Å². The first kappa shape index (κ1) is 8.00. The lowest BCUT2D eigenvalue weighted by Gasteiger charge is -2.20. The van der Waals surface area contributed by atoms with Crippen molar-refractivity contribution in [2.75, 3.05) is 13.7 Å². The maximum Gasteiger partial charge on any atom is 0.310 e. The SMILES string of the molecule is COC(=O)C1CNNC(=O)C1. The highest BCUT2D eigenvalue weighted by Gasteiger charge is 2.25. The van der Waals surface area contributed by atoms with Crippen LogP contribution in [0.3, 0.4) is 0 Å². The highest BCUT2D eigenvalue weighted by Crippen LogP contribution is 2.06. The standard InChI is InChI=1S/C6H10N2O3/c1-11-6(10)4-2-5(9)8-7-3-4/h4,7H,2-3H2,1H3,(H,8,9). The molecule has 0 aromatic heterocycles. The Labute approximate surface area is 64.1 Å². The number of carbonyl (C=O) groups is 2. The van der Waals surface area contributed by atoms with Gasteiger partial charge in [0.1, 0.15) is 0 Å². The molecule has 2 N–H and O–H groups in total. The Hall–Kier alpha value is -1.10. The molecule has 0 aliphatic carbocycles. The second-order valence-electron chi connectivity index (χ2n) is 2.35. The summed E-state index contributed by atoms with van der Waals surface area (Å²) in [6, 6.07) is 0. The van der Waals surface area contributed by atoms with E-state index in [1.807, 2.05) is 0 Å². The Morgan fingerprint density at radius 1 is 1.73 bits per heavy atom. The third-order valence-electron chi connectivity index (χ3n) is 1.54. The molecule has 1 rings (SSSR count). The molecule has 1 atom stereocenters. The fourth-order valence-corrected chi connectivity index (χ4v) is 0.953. The molecule has 1 heterocycles. The van der Waals surface area contributed by atoms with Gasteiger partial charge in [-0.2, -0.15) is 0 Å². The van der Waals surface area contributed by atoms with Crippen LogP contribution in [0.25, 0.3) is 0 Å². The molecule has 0 aromatic rings. The van der Waals surface area contributed by atoms with E-state index in [1.165, 1.54) is 7.11 Å². The van der Waals surface area contributed by atoms with Gasteiger partial charge in [-0.05, 0) is 0 Å². The molecule has 0 aromatic carbocycles. The molecule has 0 saturated carbocycles. The molecule has 1 aliphatic rings. The van der Waals surface area contributed by atoms with Crippen molar-refractivity contribution < 1.29 is 14.3 Å². The lowest BCUT2D eigenvalue weighted by atomic mass is 10.0. The number of rotatable bonds is 1. The molecule has 0 radical (unpaired) electrons. The summed E-state index contributed by atoms with van der Waals surface area (Å²) < 4.78 is 4.48. The van der Waals surface area contributed by atoms with Crippen molar-refractivity contribution in [3.05, 3.63) is 0 Å².